The Morgan fingerprint density at radius 1 is 0.969 bits per heavy atom. The van der Waals surface area contributed by atoms with Crippen LogP contribution >= 0.6 is 0 Å². The predicted molar refractivity (Wildman–Crippen MR) is 122 cm³/mol. The van der Waals surface area contributed by atoms with Crippen molar-refractivity contribution in [3.05, 3.63) is 0 Å². The molecule has 180 valence electrons. The Bertz CT molecular complexity index is 788. The zero-order chi connectivity index (χ0) is 22.6. The van der Waals surface area contributed by atoms with Gasteiger partial charge in [-0.25, -0.2) is 0 Å². The number of aliphatic hydroxyl groups is 2. The normalized spacial score (nSPS) is 59.8. The number of rotatable bonds is 0. The van der Waals surface area contributed by atoms with Gasteiger partial charge in [0.2, 0.25) is 0 Å². The Morgan fingerprint density at radius 2 is 1.75 bits per heavy atom. The molecule has 6 aliphatic rings. The lowest BCUT2D eigenvalue weighted by Gasteiger charge is -2.55. The van der Waals surface area contributed by atoms with Crippen LogP contribution in [0.1, 0.15) is 72.6 Å². The fourth-order valence-corrected chi connectivity index (χ4v) is 10.5. The summed E-state index contributed by atoms with van der Waals surface area (Å²) in [5.41, 5.74) is 0.0466. The molecule has 0 unspecified atom stereocenters. The van der Waals surface area contributed by atoms with Gasteiger partial charge in [0, 0.05) is 18.6 Å². The summed E-state index contributed by atoms with van der Waals surface area (Å²) in [7, 11) is 0. The van der Waals surface area contributed by atoms with E-state index < -0.39 is 12.2 Å². The number of esters is 1. The Kier molecular flexibility index (Phi) is 4.90. The monoisotopic (exact) mass is 445 g/mol. The molecular formula is C27H43NO4. The van der Waals surface area contributed by atoms with Gasteiger partial charge in [0.15, 0.2) is 0 Å². The molecule has 13 atom stereocenters. The minimum absolute atomic E-state index is 0.133. The van der Waals surface area contributed by atoms with Crippen molar-refractivity contribution in [1.29, 1.82) is 0 Å². The van der Waals surface area contributed by atoms with Gasteiger partial charge in [-0.2, -0.15) is 0 Å². The van der Waals surface area contributed by atoms with E-state index in [1.54, 1.807) is 0 Å². The molecule has 5 nitrogen and oxygen atoms in total. The van der Waals surface area contributed by atoms with Gasteiger partial charge in [0.1, 0.15) is 0 Å². The molecule has 3 saturated heterocycles. The second-order valence-corrected chi connectivity index (χ2v) is 13.3. The summed E-state index contributed by atoms with van der Waals surface area (Å²) in [5.74, 6) is 3.25. The molecule has 2 N–H and O–H groups in total. The number of carbonyl (C=O) groups excluding carboxylic acids is 1. The molecule has 0 aromatic rings. The molecule has 0 radical (unpaired) electrons. The van der Waals surface area contributed by atoms with Crippen molar-refractivity contribution in [2.45, 2.75) is 96.9 Å². The Balaban J connectivity index is 1.34. The van der Waals surface area contributed by atoms with Crippen molar-refractivity contribution >= 4 is 5.97 Å². The Hall–Kier alpha value is -0.650. The maximum absolute atomic E-state index is 13.1. The van der Waals surface area contributed by atoms with E-state index in [2.05, 4.69) is 32.6 Å². The van der Waals surface area contributed by atoms with E-state index in [1.807, 2.05) is 0 Å². The standard InChI is InChI=1S/C27H43NO4/c1-14-5-6-20-15(2)24-21(28(20)12-14)9-18-16-13-32-25(31)19-10-22(29)23(30)11-27(19,4)17(16)7-8-26(18,24)3/h14-24,29-30H,5-13H2,1-4H3/t14-,15+,16+,17-,18-,19+,20+,21-,22-,23+,24-,26-,27+/m0/s1. The quantitative estimate of drug-likeness (QED) is 0.559. The number of ether oxygens (including phenoxy) is 1. The average molecular weight is 446 g/mol. The summed E-state index contributed by atoms with van der Waals surface area (Å²) in [5, 5.41) is 20.9. The van der Waals surface area contributed by atoms with Crippen LogP contribution in [0.3, 0.4) is 0 Å². The zero-order valence-corrected chi connectivity index (χ0v) is 20.4. The highest BCUT2D eigenvalue weighted by molar-refractivity contribution is 5.74. The highest BCUT2D eigenvalue weighted by Gasteiger charge is 2.67. The molecule has 6 fully saturated rings. The Morgan fingerprint density at radius 3 is 2.53 bits per heavy atom. The third-order valence-electron chi connectivity index (χ3n) is 12.0. The number of fused-ring (bicyclic) bond motifs is 9. The van der Waals surface area contributed by atoms with Gasteiger partial charge in [-0.3, -0.25) is 9.69 Å². The molecule has 3 aliphatic carbocycles. The molecule has 3 saturated carbocycles. The van der Waals surface area contributed by atoms with Gasteiger partial charge < -0.3 is 14.9 Å². The molecule has 5 heteroatoms. The highest BCUT2D eigenvalue weighted by atomic mass is 16.5. The topological polar surface area (TPSA) is 70.0 Å². The number of nitrogens with zero attached hydrogens (tertiary/aromatic N) is 1. The van der Waals surface area contributed by atoms with Gasteiger partial charge in [0.05, 0.1) is 24.7 Å². The van der Waals surface area contributed by atoms with Crippen molar-refractivity contribution in [2.75, 3.05) is 13.2 Å². The van der Waals surface area contributed by atoms with Crippen molar-refractivity contribution in [1.82, 2.24) is 4.90 Å². The molecule has 6 rings (SSSR count). The molecule has 32 heavy (non-hydrogen) atoms. The summed E-state index contributed by atoms with van der Waals surface area (Å²) in [6.07, 6.45) is 5.67. The van der Waals surface area contributed by atoms with Crippen LogP contribution in [-0.2, 0) is 9.53 Å². The third-order valence-corrected chi connectivity index (χ3v) is 12.0. The second-order valence-electron chi connectivity index (χ2n) is 13.3. The molecule has 0 aromatic carbocycles. The van der Waals surface area contributed by atoms with E-state index in [9.17, 15) is 15.0 Å². The minimum Gasteiger partial charge on any atom is -0.465 e. The molecular weight excluding hydrogens is 402 g/mol. The van der Waals surface area contributed by atoms with Crippen LogP contribution in [0.4, 0.5) is 0 Å². The first kappa shape index (κ1) is 21.9. The number of aliphatic hydroxyl groups excluding tert-OH is 2. The molecule has 3 aliphatic heterocycles. The largest absolute Gasteiger partial charge is 0.465 e. The van der Waals surface area contributed by atoms with Gasteiger partial charge >= 0.3 is 5.97 Å². The summed E-state index contributed by atoms with van der Waals surface area (Å²) >= 11 is 0. The number of hydrogen-bond donors (Lipinski definition) is 2. The fraction of sp³-hybridized carbons (Fsp3) is 0.963. The highest BCUT2D eigenvalue weighted by Crippen LogP contribution is 2.68. The van der Waals surface area contributed by atoms with Crippen LogP contribution in [0.5, 0.6) is 0 Å². The number of carbonyl (C=O) groups is 1. The summed E-state index contributed by atoms with van der Waals surface area (Å²) in [4.78, 5) is 16.0. The van der Waals surface area contributed by atoms with Crippen molar-refractivity contribution in [3.8, 4) is 0 Å². The first-order valence-corrected chi connectivity index (χ1v) is 13.4. The Labute approximate surface area is 193 Å². The van der Waals surface area contributed by atoms with Gasteiger partial charge in [0.25, 0.3) is 0 Å². The second kappa shape index (κ2) is 7.18. The van der Waals surface area contributed by atoms with Crippen molar-refractivity contribution in [2.24, 2.45) is 52.3 Å². The van der Waals surface area contributed by atoms with E-state index in [-0.39, 0.29) is 17.3 Å². The van der Waals surface area contributed by atoms with Gasteiger partial charge in [-0.15, -0.1) is 0 Å². The van der Waals surface area contributed by atoms with E-state index in [1.165, 1.54) is 32.2 Å². The summed E-state index contributed by atoms with van der Waals surface area (Å²) < 4.78 is 5.97. The van der Waals surface area contributed by atoms with Crippen LogP contribution in [0.2, 0.25) is 0 Å². The van der Waals surface area contributed by atoms with E-state index >= 15 is 0 Å². The molecule has 0 bridgehead atoms. The maximum Gasteiger partial charge on any atom is 0.309 e. The summed E-state index contributed by atoms with van der Waals surface area (Å²) in [6.45, 7) is 11.5. The van der Waals surface area contributed by atoms with Crippen molar-refractivity contribution in [3.63, 3.8) is 0 Å². The average Bonchev–Trinajstić information content (AvgIpc) is 3.17. The fourth-order valence-electron chi connectivity index (χ4n) is 10.5. The van der Waals surface area contributed by atoms with Gasteiger partial charge in [-0.1, -0.05) is 27.7 Å². The first-order chi connectivity index (χ1) is 15.1. The number of piperidine rings is 1. The number of hydrogen-bond acceptors (Lipinski definition) is 5. The predicted octanol–water partition coefficient (Wildman–Crippen LogP) is 3.47. The maximum atomic E-state index is 13.1. The zero-order valence-electron chi connectivity index (χ0n) is 20.4. The molecule has 0 spiro atoms. The minimum atomic E-state index is -0.809. The lowest BCUT2D eigenvalue weighted by molar-refractivity contribution is -0.162. The van der Waals surface area contributed by atoms with Crippen LogP contribution in [-0.4, -0.2) is 58.5 Å². The van der Waals surface area contributed by atoms with E-state index in [4.69, 9.17) is 4.74 Å². The third kappa shape index (κ3) is 2.77. The summed E-state index contributed by atoms with van der Waals surface area (Å²) in [6, 6.07) is 1.45. The van der Waals surface area contributed by atoms with Crippen LogP contribution < -0.4 is 0 Å². The van der Waals surface area contributed by atoms with E-state index in [0.717, 1.165) is 30.2 Å². The van der Waals surface area contributed by atoms with Crippen LogP contribution in [0, 0.1) is 52.3 Å². The van der Waals surface area contributed by atoms with Gasteiger partial charge in [-0.05, 0) is 91.3 Å². The lowest BCUT2D eigenvalue weighted by atomic mass is 9.48. The molecule has 0 amide bonds. The lowest BCUT2D eigenvalue weighted by Crippen LogP contribution is -2.54. The smallest absolute Gasteiger partial charge is 0.309 e. The van der Waals surface area contributed by atoms with Crippen LogP contribution in [0.25, 0.3) is 0 Å². The number of cyclic esters (lactones) is 1. The first-order valence-electron chi connectivity index (χ1n) is 13.4. The van der Waals surface area contributed by atoms with Crippen molar-refractivity contribution < 1.29 is 19.7 Å². The SMILES string of the molecule is C[C@H]1CC[C@@H]2[C@@H](C)[C@H]3[C@H](C[C@H]4[C@@H]5COC(=O)[C@H]6C[C@H](O)[C@H](O)C[C@]6(C)[C@H]5CC[C@]34C)N2C1. The molecule has 0 aromatic heterocycles. The van der Waals surface area contributed by atoms with E-state index in [0.29, 0.717) is 48.7 Å². The molecule has 3 heterocycles. The van der Waals surface area contributed by atoms with Crippen LogP contribution in [0.15, 0.2) is 0 Å².